The third kappa shape index (κ3) is 3.07. The van der Waals surface area contributed by atoms with Gasteiger partial charge in [0, 0.05) is 56.6 Å². The van der Waals surface area contributed by atoms with Crippen molar-refractivity contribution in [2.24, 2.45) is 5.41 Å². The number of rotatable bonds is 3. The number of hydrogen-bond acceptors (Lipinski definition) is 8. The van der Waals surface area contributed by atoms with Crippen molar-refractivity contribution in [2.75, 3.05) is 43.6 Å². The van der Waals surface area contributed by atoms with E-state index < -0.39 is 34.2 Å². The van der Waals surface area contributed by atoms with E-state index in [1.54, 1.807) is 13.2 Å². The number of anilines is 2. The Morgan fingerprint density at radius 3 is 2.53 bits per heavy atom. The molecule has 11 nitrogen and oxygen atoms in total. The summed E-state index contributed by atoms with van der Waals surface area (Å²) in [4.78, 5) is 55.0. The van der Waals surface area contributed by atoms with Crippen LogP contribution in [0.2, 0.25) is 0 Å². The van der Waals surface area contributed by atoms with Crippen molar-refractivity contribution in [2.45, 2.75) is 12.5 Å². The van der Waals surface area contributed by atoms with E-state index in [-0.39, 0.29) is 12.1 Å². The van der Waals surface area contributed by atoms with Crippen molar-refractivity contribution in [3.8, 4) is 5.75 Å². The van der Waals surface area contributed by atoms with Crippen LogP contribution in [-0.2, 0) is 16.0 Å². The fraction of sp³-hybridized carbons (Fsp3) is 0.348. The Morgan fingerprint density at radius 2 is 1.85 bits per heavy atom. The summed E-state index contributed by atoms with van der Waals surface area (Å²) in [6.45, 7) is 1.45. The van der Waals surface area contributed by atoms with E-state index in [0.717, 1.165) is 16.3 Å². The molecule has 0 aromatic heterocycles. The second-order valence-corrected chi connectivity index (χ2v) is 8.69. The highest BCUT2D eigenvalue weighted by Crippen LogP contribution is 2.46. The number of amides is 4. The summed E-state index contributed by atoms with van der Waals surface area (Å²) in [5.74, 6) is -0.566. The van der Waals surface area contributed by atoms with Gasteiger partial charge in [0.15, 0.2) is 5.41 Å². The number of non-ortho nitro benzene ring substituents is 1. The normalized spacial score (nSPS) is 24.0. The van der Waals surface area contributed by atoms with Crippen LogP contribution in [0.15, 0.2) is 42.5 Å². The van der Waals surface area contributed by atoms with Crippen LogP contribution in [0.25, 0.3) is 0 Å². The Bertz CT molecular complexity index is 1210. The number of imide groups is 2. The molecule has 2 saturated heterocycles. The van der Waals surface area contributed by atoms with Gasteiger partial charge in [-0.2, -0.15) is 0 Å². The fourth-order valence-electron chi connectivity index (χ4n) is 5.28. The molecule has 2 unspecified atom stereocenters. The van der Waals surface area contributed by atoms with Crippen molar-refractivity contribution in [3.63, 3.8) is 0 Å². The number of nitrogens with zero attached hydrogens (tertiary/aromatic N) is 4. The third-order valence-corrected chi connectivity index (χ3v) is 7.06. The van der Waals surface area contributed by atoms with Crippen LogP contribution in [0.1, 0.15) is 5.56 Å². The lowest BCUT2D eigenvalue weighted by Crippen LogP contribution is -2.74. The Hall–Kier alpha value is -4.15. The zero-order chi connectivity index (χ0) is 24.2. The van der Waals surface area contributed by atoms with Gasteiger partial charge in [0.2, 0.25) is 11.8 Å². The summed E-state index contributed by atoms with van der Waals surface area (Å²) in [6.07, 6.45) is -0.0378. The monoisotopic (exact) mass is 465 g/mol. The van der Waals surface area contributed by atoms with Crippen LogP contribution in [0.3, 0.4) is 0 Å². The van der Waals surface area contributed by atoms with Gasteiger partial charge < -0.3 is 14.5 Å². The van der Waals surface area contributed by atoms with Gasteiger partial charge in [0.1, 0.15) is 5.75 Å². The van der Waals surface area contributed by atoms with E-state index in [2.05, 4.69) is 10.2 Å². The highest BCUT2D eigenvalue weighted by atomic mass is 16.6. The first-order valence-electron chi connectivity index (χ1n) is 10.8. The van der Waals surface area contributed by atoms with Crippen LogP contribution in [0, 0.1) is 15.5 Å². The molecular weight excluding hydrogens is 442 g/mol. The molecule has 2 fully saturated rings. The Balaban J connectivity index is 1.61. The second kappa shape index (κ2) is 7.72. The van der Waals surface area contributed by atoms with E-state index in [0.29, 0.717) is 30.9 Å². The summed E-state index contributed by atoms with van der Waals surface area (Å²) in [6, 6.07) is 10.7. The van der Waals surface area contributed by atoms with Crippen molar-refractivity contribution < 1.29 is 24.0 Å². The molecule has 3 aliphatic heterocycles. The summed E-state index contributed by atoms with van der Waals surface area (Å²) < 4.78 is 5.24. The molecule has 0 saturated carbocycles. The van der Waals surface area contributed by atoms with E-state index in [4.69, 9.17) is 4.74 Å². The number of fused-ring (bicyclic) bond motifs is 4. The molecule has 2 aromatic carbocycles. The largest absolute Gasteiger partial charge is 0.497 e. The maximum Gasteiger partial charge on any atom is 0.330 e. The summed E-state index contributed by atoms with van der Waals surface area (Å²) >= 11 is 0. The van der Waals surface area contributed by atoms with Gasteiger partial charge in [0.25, 0.3) is 5.69 Å². The number of methoxy groups -OCH3 is 1. The smallest absolute Gasteiger partial charge is 0.330 e. The number of benzene rings is 2. The minimum atomic E-state index is -1.60. The van der Waals surface area contributed by atoms with Gasteiger partial charge in [-0.05, 0) is 35.9 Å². The molecule has 1 spiro atoms. The number of nitro groups is 1. The van der Waals surface area contributed by atoms with Crippen LogP contribution >= 0.6 is 0 Å². The SMILES string of the molecule is COc1ccc(N2CCN3c4ccc([N+](=O)[O-])cc4CC4(C(=O)NC(=O)N(C)C4=O)C3C2)cc1. The number of barbiturate groups is 1. The summed E-state index contributed by atoms with van der Waals surface area (Å²) in [5, 5.41) is 13.7. The number of carbonyl (C=O) groups is 3. The minimum Gasteiger partial charge on any atom is -0.497 e. The van der Waals surface area contributed by atoms with Crippen LogP contribution < -0.4 is 19.9 Å². The molecule has 4 amide bonds. The van der Waals surface area contributed by atoms with Crippen molar-refractivity contribution in [3.05, 3.63) is 58.1 Å². The van der Waals surface area contributed by atoms with Crippen molar-refractivity contribution >= 4 is 34.9 Å². The second-order valence-electron chi connectivity index (χ2n) is 8.69. The Labute approximate surface area is 195 Å². The first-order valence-corrected chi connectivity index (χ1v) is 10.8. The molecule has 3 heterocycles. The van der Waals surface area contributed by atoms with E-state index in [1.165, 1.54) is 19.2 Å². The zero-order valence-electron chi connectivity index (χ0n) is 18.7. The molecule has 34 heavy (non-hydrogen) atoms. The lowest BCUT2D eigenvalue weighted by Gasteiger charge is -2.55. The summed E-state index contributed by atoms with van der Waals surface area (Å²) in [7, 11) is 2.93. The van der Waals surface area contributed by atoms with Gasteiger partial charge in [-0.1, -0.05) is 0 Å². The van der Waals surface area contributed by atoms with Gasteiger partial charge in [-0.15, -0.1) is 0 Å². The summed E-state index contributed by atoms with van der Waals surface area (Å²) in [5.41, 5.74) is 0.497. The maximum atomic E-state index is 13.6. The number of piperazine rings is 1. The quantitative estimate of drug-likeness (QED) is 0.411. The van der Waals surface area contributed by atoms with Crippen LogP contribution in [0.5, 0.6) is 5.75 Å². The standard InChI is InChI=1S/C23H23N5O6/c1-25-21(30)23(20(29)24-22(25)31)12-14-11-16(28(32)33)5-8-18(14)27-10-9-26(13-19(23)27)15-3-6-17(34-2)7-4-15/h3-8,11,19H,9-10,12-13H2,1-2H3,(H,24,29,31). The minimum absolute atomic E-state index is 0.0378. The number of hydrogen-bond donors (Lipinski definition) is 1. The number of nitrogens with one attached hydrogen (secondary N) is 1. The molecule has 2 aromatic rings. The molecule has 1 N–H and O–H groups in total. The predicted octanol–water partition coefficient (Wildman–Crippen LogP) is 1.55. The Morgan fingerprint density at radius 1 is 1.12 bits per heavy atom. The van der Waals surface area contributed by atoms with E-state index in [9.17, 15) is 24.5 Å². The lowest BCUT2D eigenvalue weighted by atomic mass is 9.67. The molecule has 3 aliphatic rings. The van der Waals surface area contributed by atoms with Crippen LogP contribution in [0.4, 0.5) is 21.9 Å². The van der Waals surface area contributed by atoms with Gasteiger partial charge >= 0.3 is 6.03 Å². The van der Waals surface area contributed by atoms with Gasteiger partial charge in [-0.3, -0.25) is 29.9 Å². The van der Waals surface area contributed by atoms with Crippen molar-refractivity contribution in [1.29, 1.82) is 0 Å². The zero-order valence-corrected chi connectivity index (χ0v) is 18.7. The van der Waals surface area contributed by atoms with Gasteiger partial charge in [0.05, 0.1) is 18.1 Å². The van der Waals surface area contributed by atoms with Gasteiger partial charge in [-0.25, -0.2) is 4.79 Å². The molecule has 0 bridgehead atoms. The highest BCUT2D eigenvalue weighted by Gasteiger charge is 2.62. The average Bonchev–Trinajstić information content (AvgIpc) is 2.85. The highest BCUT2D eigenvalue weighted by molar-refractivity contribution is 6.20. The molecule has 176 valence electrons. The van der Waals surface area contributed by atoms with E-state index >= 15 is 0 Å². The number of ether oxygens (including phenoxy) is 1. The first kappa shape index (κ1) is 21.7. The molecule has 0 radical (unpaired) electrons. The van der Waals surface area contributed by atoms with Crippen molar-refractivity contribution in [1.82, 2.24) is 10.2 Å². The molecular formula is C23H23N5O6. The third-order valence-electron chi connectivity index (χ3n) is 7.06. The topological polar surface area (TPSA) is 125 Å². The average molecular weight is 465 g/mol. The molecule has 2 atom stereocenters. The fourth-order valence-corrected chi connectivity index (χ4v) is 5.28. The van der Waals surface area contributed by atoms with Crippen LogP contribution in [-0.4, -0.2) is 67.5 Å². The van der Waals surface area contributed by atoms with E-state index in [1.807, 2.05) is 29.2 Å². The maximum absolute atomic E-state index is 13.6. The first-order chi connectivity index (χ1) is 16.3. The number of nitro benzene ring substituents is 1. The lowest BCUT2D eigenvalue weighted by molar-refractivity contribution is -0.384. The Kier molecular flexibility index (Phi) is 4.92. The molecule has 11 heteroatoms. The predicted molar refractivity (Wildman–Crippen MR) is 122 cm³/mol. The number of carbonyl (C=O) groups excluding carboxylic acids is 3. The molecule has 5 rings (SSSR count). The molecule has 0 aliphatic carbocycles. The number of urea groups is 1.